The lowest BCUT2D eigenvalue weighted by Gasteiger charge is -2.08. The minimum Gasteiger partial charge on any atom is -0.508 e. The molecule has 3 nitrogen and oxygen atoms in total. The number of rotatable bonds is 2. The van der Waals surface area contributed by atoms with Gasteiger partial charge in [0.25, 0.3) is 0 Å². The fourth-order valence-electron chi connectivity index (χ4n) is 1.78. The molecule has 2 rings (SSSR count). The van der Waals surface area contributed by atoms with E-state index in [0.29, 0.717) is 11.1 Å². The highest BCUT2D eigenvalue weighted by Crippen LogP contribution is 2.34. The number of phenols is 3. The van der Waals surface area contributed by atoms with Crippen molar-refractivity contribution in [2.24, 2.45) is 0 Å². The van der Waals surface area contributed by atoms with E-state index in [0.717, 1.165) is 12.0 Å². The molecule has 2 aromatic rings. The molecule has 0 radical (unpaired) electrons. The van der Waals surface area contributed by atoms with Crippen molar-refractivity contribution in [2.75, 3.05) is 0 Å². The van der Waals surface area contributed by atoms with E-state index in [9.17, 15) is 15.3 Å². The van der Waals surface area contributed by atoms with Crippen molar-refractivity contribution < 1.29 is 15.3 Å². The van der Waals surface area contributed by atoms with Crippen molar-refractivity contribution in [3.8, 4) is 28.4 Å². The third-order valence-electron chi connectivity index (χ3n) is 2.68. The maximum absolute atomic E-state index is 9.80. The first kappa shape index (κ1) is 11.3. The largest absolute Gasteiger partial charge is 0.508 e. The second-order valence-corrected chi connectivity index (χ2v) is 3.94. The zero-order valence-corrected chi connectivity index (χ0v) is 9.51. The third kappa shape index (κ3) is 2.33. The van der Waals surface area contributed by atoms with E-state index in [1.54, 1.807) is 6.07 Å². The average molecular weight is 230 g/mol. The number of phenolic OH excluding ortho intramolecular Hbond substituents is 3. The molecule has 3 N–H and O–H groups in total. The Bertz CT molecular complexity index is 527. The van der Waals surface area contributed by atoms with Crippen LogP contribution in [0, 0.1) is 0 Å². The predicted octanol–water partition coefficient (Wildman–Crippen LogP) is 3.03. The highest BCUT2D eigenvalue weighted by Gasteiger charge is 2.07. The van der Waals surface area contributed by atoms with Crippen LogP contribution in [0.1, 0.15) is 12.5 Å². The fraction of sp³-hybridized carbons (Fsp3) is 0.143. The summed E-state index contributed by atoms with van der Waals surface area (Å²) in [6.07, 6.45) is 0.859. The summed E-state index contributed by atoms with van der Waals surface area (Å²) in [7, 11) is 0. The van der Waals surface area contributed by atoms with Gasteiger partial charge in [-0.3, -0.25) is 0 Å². The molecule has 0 unspecified atom stereocenters. The molecule has 0 saturated carbocycles. The summed E-state index contributed by atoms with van der Waals surface area (Å²) in [6.45, 7) is 2.02. The lowest BCUT2D eigenvalue weighted by molar-refractivity contribution is 0.451. The van der Waals surface area contributed by atoms with E-state index in [1.165, 1.54) is 18.2 Å². The molecular formula is C14H14O3. The molecule has 17 heavy (non-hydrogen) atoms. The van der Waals surface area contributed by atoms with Gasteiger partial charge in [-0.15, -0.1) is 0 Å². The van der Waals surface area contributed by atoms with E-state index >= 15 is 0 Å². The molecule has 88 valence electrons. The van der Waals surface area contributed by atoms with Gasteiger partial charge in [0, 0.05) is 11.6 Å². The number of aromatic hydroxyl groups is 3. The molecule has 2 aromatic carbocycles. The van der Waals surface area contributed by atoms with Gasteiger partial charge in [-0.2, -0.15) is 0 Å². The minimum atomic E-state index is -0.0266. The van der Waals surface area contributed by atoms with Gasteiger partial charge in [-0.1, -0.05) is 13.0 Å². The Kier molecular flexibility index (Phi) is 2.91. The van der Waals surface area contributed by atoms with Gasteiger partial charge >= 0.3 is 0 Å². The summed E-state index contributed by atoms with van der Waals surface area (Å²) >= 11 is 0. The molecule has 3 heteroatoms. The second-order valence-electron chi connectivity index (χ2n) is 3.94. The molecule has 0 aliphatic carbocycles. The summed E-state index contributed by atoms with van der Waals surface area (Å²) in [5, 5.41) is 28.7. The number of hydrogen-bond acceptors (Lipinski definition) is 3. The van der Waals surface area contributed by atoms with E-state index in [4.69, 9.17) is 0 Å². The third-order valence-corrected chi connectivity index (χ3v) is 2.68. The van der Waals surface area contributed by atoms with Crippen molar-refractivity contribution in [2.45, 2.75) is 13.3 Å². The van der Waals surface area contributed by atoms with Gasteiger partial charge in [0.1, 0.15) is 17.2 Å². The Morgan fingerprint density at radius 2 is 1.53 bits per heavy atom. The first-order valence-corrected chi connectivity index (χ1v) is 5.45. The summed E-state index contributed by atoms with van der Waals surface area (Å²) in [4.78, 5) is 0. The predicted molar refractivity (Wildman–Crippen MR) is 66.3 cm³/mol. The van der Waals surface area contributed by atoms with Crippen LogP contribution in [0.25, 0.3) is 11.1 Å². The fourth-order valence-corrected chi connectivity index (χ4v) is 1.78. The van der Waals surface area contributed by atoms with Crippen LogP contribution in [-0.2, 0) is 6.42 Å². The Balaban J connectivity index is 2.58. The van der Waals surface area contributed by atoms with Gasteiger partial charge < -0.3 is 15.3 Å². The minimum absolute atomic E-state index is 0.0266. The quantitative estimate of drug-likeness (QED) is 0.743. The van der Waals surface area contributed by atoms with Gasteiger partial charge in [0.05, 0.1) is 0 Å². The van der Waals surface area contributed by atoms with Crippen LogP contribution in [0.2, 0.25) is 0 Å². The first-order chi connectivity index (χ1) is 8.10. The van der Waals surface area contributed by atoms with Crippen molar-refractivity contribution in [1.82, 2.24) is 0 Å². The molecule has 0 saturated heterocycles. The Morgan fingerprint density at radius 1 is 0.882 bits per heavy atom. The lowest BCUT2D eigenvalue weighted by Crippen LogP contribution is -1.84. The van der Waals surface area contributed by atoms with Crippen LogP contribution >= 0.6 is 0 Å². The smallest absolute Gasteiger partial charge is 0.123 e. The van der Waals surface area contributed by atoms with E-state index in [2.05, 4.69) is 0 Å². The molecule has 0 fully saturated rings. The normalized spacial score (nSPS) is 10.4. The number of aryl methyl sites for hydroxylation is 1. The van der Waals surface area contributed by atoms with Crippen molar-refractivity contribution in [3.63, 3.8) is 0 Å². The molecule has 0 bridgehead atoms. The Morgan fingerprint density at radius 3 is 2.12 bits per heavy atom. The zero-order chi connectivity index (χ0) is 12.4. The molecule has 0 heterocycles. The topological polar surface area (TPSA) is 60.7 Å². The monoisotopic (exact) mass is 230 g/mol. The second kappa shape index (κ2) is 4.37. The van der Waals surface area contributed by atoms with Crippen LogP contribution in [0.4, 0.5) is 0 Å². The maximum Gasteiger partial charge on any atom is 0.123 e. The van der Waals surface area contributed by atoms with Crippen molar-refractivity contribution in [3.05, 3.63) is 42.0 Å². The molecule has 0 spiro atoms. The summed E-state index contributed by atoms with van der Waals surface area (Å²) < 4.78 is 0. The molecule has 0 aliphatic heterocycles. The molecule has 0 aliphatic rings. The lowest BCUT2D eigenvalue weighted by atomic mass is 10.0. The Labute approximate surface area is 99.6 Å². The highest BCUT2D eigenvalue weighted by molar-refractivity contribution is 5.73. The van der Waals surface area contributed by atoms with E-state index in [1.807, 2.05) is 19.1 Å². The maximum atomic E-state index is 9.80. The van der Waals surface area contributed by atoms with Crippen LogP contribution in [0.3, 0.4) is 0 Å². The molecular weight excluding hydrogens is 216 g/mol. The van der Waals surface area contributed by atoms with Crippen LogP contribution in [0.5, 0.6) is 17.2 Å². The standard InChI is InChI=1S/C14H14O3/c1-2-9-3-4-14(17)13(5-9)10-6-11(15)8-12(16)7-10/h3-8,15-17H,2H2,1H3. The zero-order valence-electron chi connectivity index (χ0n) is 9.51. The van der Waals surface area contributed by atoms with Crippen molar-refractivity contribution in [1.29, 1.82) is 0 Å². The van der Waals surface area contributed by atoms with Gasteiger partial charge in [-0.05, 0) is 41.8 Å². The van der Waals surface area contributed by atoms with Crippen LogP contribution < -0.4 is 0 Å². The van der Waals surface area contributed by atoms with Gasteiger partial charge in [-0.25, -0.2) is 0 Å². The van der Waals surface area contributed by atoms with Crippen molar-refractivity contribution >= 4 is 0 Å². The van der Waals surface area contributed by atoms with Crippen LogP contribution in [0.15, 0.2) is 36.4 Å². The number of benzene rings is 2. The SMILES string of the molecule is CCc1ccc(O)c(-c2cc(O)cc(O)c2)c1. The molecule has 0 amide bonds. The van der Waals surface area contributed by atoms with Crippen LogP contribution in [-0.4, -0.2) is 15.3 Å². The summed E-state index contributed by atoms with van der Waals surface area (Å²) in [5.74, 6) is 0.0785. The first-order valence-electron chi connectivity index (χ1n) is 5.45. The summed E-state index contributed by atoms with van der Waals surface area (Å²) in [5.41, 5.74) is 2.28. The highest BCUT2D eigenvalue weighted by atomic mass is 16.3. The summed E-state index contributed by atoms with van der Waals surface area (Å²) in [6, 6.07) is 9.59. The molecule has 0 aromatic heterocycles. The van der Waals surface area contributed by atoms with E-state index in [-0.39, 0.29) is 17.2 Å². The Hall–Kier alpha value is -2.16. The molecule has 0 atom stereocenters. The van der Waals surface area contributed by atoms with Gasteiger partial charge in [0.15, 0.2) is 0 Å². The van der Waals surface area contributed by atoms with E-state index < -0.39 is 0 Å². The average Bonchev–Trinajstić information content (AvgIpc) is 2.28. The van der Waals surface area contributed by atoms with Gasteiger partial charge in [0.2, 0.25) is 0 Å². The number of hydrogen-bond donors (Lipinski definition) is 3.